The number of carbonyl (C=O) groups is 3. The molecule has 4 N–H and O–H groups in total. The Bertz CT molecular complexity index is 688. The van der Waals surface area contributed by atoms with Crippen molar-refractivity contribution in [3.63, 3.8) is 0 Å². The van der Waals surface area contributed by atoms with E-state index in [-0.39, 0.29) is 24.1 Å². The van der Waals surface area contributed by atoms with E-state index in [0.717, 1.165) is 6.42 Å². The lowest BCUT2D eigenvalue weighted by molar-refractivity contribution is -0.125. The predicted octanol–water partition coefficient (Wildman–Crippen LogP) is 1.63. The summed E-state index contributed by atoms with van der Waals surface area (Å²) in [6.07, 6.45) is 2.05. The summed E-state index contributed by atoms with van der Waals surface area (Å²) in [5, 5.41) is 10.1. The summed E-state index contributed by atoms with van der Waals surface area (Å²) in [5.41, 5.74) is -0.203. The summed E-state index contributed by atoms with van der Waals surface area (Å²) >= 11 is 0. The summed E-state index contributed by atoms with van der Waals surface area (Å²) in [4.78, 5) is 35.5. The number of hydrogen-bond acceptors (Lipinski definition) is 3. The molecule has 0 bridgehead atoms. The fourth-order valence-corrected chi connectivity index (χ4v) is 3.49. The summed E-state index contributed by atoms with van der Waals surface area (Å²) in [5.74, 6) is -1.05. The molecule has 128 valence electrons. The van der Waals surface area contributed by atoms with Gasteiger partial charge in [-0.1, -0.05) is 18.6 Å². The number of anilines is 1. The number of nitrogens with one attached hydrogen (secondary N) is 4. The molecule has 2 atom stereocenters. The van der Waals surface area contributed by atoms with Crippen molar-refractivity contribution in [2.24, 2.45) is 5.92 Å². The predicted molar refractivity (Wildman–Crippen MR) is 84.9 cm³/mol. The van der Waals surface area contributed by atoms with Gasteiger partial charge in [-0.2, -0.15) is 0 Å². The molecule has 1 saturated heterocycles. The second-order valence-corrected chi connectivity index (χ2v) is 6.24. The molecule has 2 aliphatic rings. The van der Waals surface area contributed by atoms with Gasteiger partial charge in [-0.25, -0.2) is 14.0 Å². The molecule has 1 aromatic rings. The molecule has 3 rings (SSSR count). The maximum Gasteiger partial charge on any atom is 0.322 e. The van der Waals surface area contributed by atoms with Crippen LogP contribution in [0.2, 0.25) is 0 Å². The van der Waals surface area contributed by atoms with Gasteiger partial charge in [0.2, 0.25) is 0 Å². The molecule has 2 fully saturated rings. The summed E-state index contributed by atoms with van der Waals surface area (Å²) in [7, 11) is 0. The highest BCUT2D eigenvalue weighted by atomic mass is 19.1. The van der Waals surface area contributed by atoms with E-state index >= 15 is 0 Å². The van der Waals surface area contributed by atoms with Crippen LogP contribution in [0.4, 0.5) is 19.7 Å². The Morgan fingerprint density at radius 2 is 2.21 bits per heavy atom. The van der Waals surface area contributed by atoms with Gasteiger partial charge in [-0.05, 0) is 31.4 Å². The second-order valence-electron chi connectivity index (χ2n) is 6.24. The van der Waals surface area contributed by atoms with Crippen LogP contribution in [-0.2, 0) is 4.79 Å². The highest BCUT2D eigenvalue weighted by Gasteiger charge is 2.54. The van der Waals surface area contributed by atoms with Gasteiger partial charge in [0.05, 0.1) is 5.69 Å². The number of halogens is 1. The van der Waals surface area contributed by atoms with Crippen LogP contribution in [-0.4, -0.2) is 30.1 Å². The van der Waals surface area contributed by atoms with Crippen molar-refractivity contribution in [2.45, 2.75) is 31.7 Å². The maximum absolute atomic E-state index is 13.7. The number of rotatable bonds is 3. The highest BCUT2D eigenvalue weighted by Crippen LogP contribution is 2.37. The Labute approximate surface area is 138 Å². The number of imide groups is 1. The molecule has 1 aromatic carbocycles. The van der Waals surface area contributed by atoms with E-state index in [4.69, 9.17) is 0 Å². The Morgan fingerprint density at radius 1 is 1.42 bits per heavy atom. The van der Waals surface area contributed by atoms with Gasteiger partial charge < -0.3 is 16.0 Å². The average molecular weight is 334 g/mol. The third kappa shape index (κ3) is 2.79. The lowest BCUT2D eigenvalue weighted by Crippen LogP contribution is -2.53. The SMILES string of the molecule is Cc1cccc(F)c1NC(=O)NCC1CCCC12NC(=O)NC2=O. The minimum Gasteiger partial charge on any atom is -0.337 e. The van der Waals surface area contributed by atoms with Crippen molar-refractivity contribution in [1.82, 2.24) is 16.0 Å². The molecule has 1 saturated carbocycles. The Morgan fingerprint density at radius 3 is 2.88 bits per heavy atom. The molecule has 1 aliphatic heterocycles. The Balaban J connectivity index is 1.62. The van der Waals surface area contributed by atoms with Crippen molar-refractivity contribution in [3.05, 3.63) is 29.6 Å². The third-order valence-electron chi connectivity index (χ3n) is 4.76. The van der Waals surface area contributed by atoms with Crippen molar-refractivity contribution >= 4 is 23.7 Å². The smallest absolute Gasteiger partial charge is 0.322 e. The van der Waals surface area contributed by atoms with Crippen LogP contribution in [0, 0.1) is 18.7 Å². The number of amides is 5. The molecule has 24 heavy (non-hydrogen) atoms. The lowest BCUT2D eigenvalue weighted by atomic mass is 9.87. The fraction of sp³-hybridized carbons (Fsp3) is 0.438. The summed E-state index contributed by atoms with van der Waals surface area (Å²) < 4.78 is 13.7. The van der Waals surface area contributed by atoms with Crippen molar-refractivity contribution < 1.29 is 18.8 Å². The van der Waals surface area contributed by atoms with Gasteiger partial charge in [0.25, 0.3) is 5.91 Å². The molecule has 2 unspecified atom stereocenters. The Kier molecular flexibility index (Phi) is 4.13. The van der Waals surface area contributed by atoms with Crippen LogP contribution in [0.1, 0.15) is 24.8 Å². The van der Waals surface area contributed by atoms with E-state index in [2.05, 4.69) is 21.3 Å². The van der Waals surface area contributed by atoms with Gasteiger partial charge in [0, 0.05) is 12.5 Å². The molecule has 0 radical (unpaired) electrons. The number of urea groups is 2. The molecule has 1 aliphatic carbocycles. The zero-order valence-electron chi connectivity index (χ0n) is 13.2. The first-order chi connectivity index (χ1) is 11.4. The van der Waals surface area contributed by atoms with Gasteiger partial charge in [0.15, 0.2) is 0 Å². The molecule has 0 aromatic heterocycles. The average Bonchev–Trinajstić information content (AvgIpc) is 3.05. The minimum atomic E-state index is -0.946. The van der Waals surface area contributed by atoms with Crippen molar-refractivity contribution in [3.8, 4) is 0 Å². The van der Waals surface area contributed by atoms with E-state index in [1.807, 2.05) is 0 Å². The van der Waals surface area contributed by atoms with Gasteiger partial charge in [-0.15, -0.1) is 0 Å². The zero-order chi connectivity index (χ0) is 17.3. The van der Waals surface area contributed by atoms with Crippen molar-refractivity contribution in [1.29, 1.82) is 0 Å². The largest absolute Gasteiger partial charge is 0.337 e. The van der Waals surface area contributed by atoms with E-state index in [1.165, 1.54) is 6.07 Å². The van der Waals surface area contributed by atoms with Crippen LogP contribution >= 0.6 is 0 Å². The highest BCUT2D eigenvalue weighted by molar-refractivity contribution is 6.07. The number of aryl methyl sites for hydroxylation is 1. The first-order valence-corrected chi connectivity index (χ1v) is 7.86. The van der Waals surface area contributed by atoms with Crippen LogP contribution in [0.15, 0.2) is 18.2 Å². The molecule has 1 spiro atoms. The maximum atomic E-state index is 13.7. The number of hydrogen-bond donors (Lipinski definition) is 4. The fourth-order valence-electron chi connectivity index (χ4n) is 3.49. The Hall–Kier alpha value is -2.64. The van der Waals surface area contributed by atoms with E-state index in [9.17, 15) is 18.8 Å². The van der Waals surface area contributed by atoms with Crippen LogP contribution < -0.4 is 21.3 Å². The number of carbonyl (C=O) groups excluding carboxylic acids is 3. The molecule has 5 amide bonds. The topological polar surface area (TPSA) is 99.3 Å². The van der Waals surface area contributed by atoms with E-state index < -0.39 is 23.4 Å². The third-order valence-corrected chi connectivity index (χ3v) is 4.76. The van der Waals surface area contributed by atoms with Crippen LogP contribution in [0.3, 0.4) is 0 Å². The van der Waals surface area contributed by atoms with E-state index in [0.29, 0.717) is 18.4 Å². The lowest BCUT2D eigenvalue weighted by Gasteiger charge is -2.28. The van der Waals surface area contributed by atoms with Gasteiger partial charge >= 0.3 is 12.1 Å². The summed E-state index contributed by atoms with van der Waals surface area (Å²) in [6, 6.07) is 3.49. The first kappa shape index (κ1) is 16.2. The molecular weight excluding hydrogens is 315 g/mol. The molecule has 7 nitrogen and oxygen atoms in total. The normalized spacial score (nSPS) is 25.5. The minimum absolute atomic E-state index is 0.128. The van der Waals surface area contributed by atoms with Gasteiger partial charge in [-0.3, -0.25) is 10.1 Å². The first-order valence-electron chi connectivity index (χ1n) is 7.86. The van der Waals surface area contributed by atoms with E-state index in [1.54, 1.807) is 19.1 Å². The number of benzene rings is 1. The van der Waals surface area contributed by atoms with Gasteiger partial charge in [0.1, 0.15) is 11.4 Å². The number of para-hydroxylation sites is 1. The second kappa shape index (κ2) is 6.10. The standard InChI is InChI=1S/C16H19FN4O3/c1-9-4-2-6-11(17)12(9)19-14(23)18-8-10-5-3-7-16(10)13(22)20-15(24)21-16/h2,4,6,10H,3,5,7-8H2,1H3,(H2,18,19,23)(H2,20,21,22,24). The quantitative estimate of drug-likeness (QED) is 0.632. The monoisotopic (exact) mass is 334 g/mol. The summed E-state index contributed by atoms with van der Waals surface area (Å²) in [6.45, 7) is 1.91. The van der Waals surface area contributed by atoms with Crippen LogP contribution in [0.25, 0.3) is 0 Å². The zero-order valence-corrected chi connectivity index (χ0v) is 13.2. The van der Waals surface area contributed by atoms with Crippen LogP contribution in [0.5, 0.6) is 0 Å². The molecule has 8 heteroatoms. The molecular formula is C16H19FN4O3. The molecule has 1 heterocycles. The van der Waals surface area contributed by atoms with Crippen molar-refractivity contribution in [2.75, 3.05) is 11.9 Å².